The van der Waals surface area contributed by atoms with Crippen molar-refractivity contribution in [2.45, 2.75) is 0 Å². The van der Waals surface area contributed by atoms with Crippen LogP contribution in [0.5, 0.6) is 0 Å². The summed E-state index contributed by atoms with van der Waals surface area (Å²) in [5, 5.41) is 2.30. The van der Waals surface area contributed by atoms with Crippen LogP contribution in [-0.4, -0.2) is 23.4 Å². The van der Waals surface area contributed by atoms with Gasteiger partial charge >= 0.3 is 0 Å². The minimum atomic E-state index is 0. The summed E-state index contributed by atoms with van der Waals surface area (Å²) in [6.45, 7) is 0. The third-order valence-electron chi connectivity index (χ3n) is 5.12. The van der Waals surface area contributed by atoms with Crippen LogP contribution in [0, 0.1) is 24.3 Å². The Balaban J connectivity index is 0.000000277. The summed E-state index contributed by atoms with van der Waals surface area (Å²) in [6.07, 6.45) is 5.23. The van der Waals surface area contributed by atoms with Crippen molar-refractivity contribution in [2.24, 2.45) is 0 Å². The van der Waals surface area contributed by atoms with E-state index in [1.807, 2.05) is 66.7 Å². The second kappa shape index (κ2) is 15.4. The Morgan fingerprint density at radius 1 is 0.541 bits per heavy atom. The summed E-state index contributed by atoms with van der Waals surface area (Å²) in [5.74, 6) is 0.720. The van der Waals surface area contributed by atoms with Crippen molar-refractivity contribution in [3.05, 3.63) is 140 Å². The van der Waals surface area contributed by atoms with E-state index < -0.39 is 0 Å². The number of rotatable bonds is 3. The van der Waals surface area contributed by atoms with Gasteiger partial charge in [-0.25, -0.2) is 6.07 Å². The van der Waals surface area contributed by atoms with Crippen LogP contribution >= 0.6 is 0 Å². The van der Waals surface area contributed by atoms with Crippen LogP contribution in [0.3, 0.4) is 0 Å². The molecule has 0 amide bonds. The summed E-state index contributed by atoms with van der Waals surface area (Å²) in [4.78, 5) is 12.6. The molecule has 2 heterocycles. The topological polar surface area (TPSA) is 38.7 Å². The maximum Gasteiger partial charge on any atom is 0.0748 e. The van der Waals surface area contributed by atoms with Gasteiger partial charge in [0.05, 0.1) is 5.82 Å². The van der Waals surface area contributed by atoms with E-state index in [0.717, 1.165) is 39.2 Å². The van der Waals surface area contributed by atoms with Crippen LogP contribution < -0.4 is 0 Å². The molecule has 0 spiro atoms. The molecule has 6 aromatic rings. The maximum atomic E-state index is 4.36. The van der Waals surface area contributed by atoms with Gasteiger partial charge in [0.25, 0.3) is 0 Å². The van der Waals surface area contributed by atoms with Crippen molar-refractivity contribution in [3.63, 3.8) is 0 Å². The molecule has 0 bridgehead atoms. The molecular formula is C31H19BIrN3Y-4. The van der Waals surface area contributed by atoms with Crippen LogP contribution in [0.4, 0.5) is 0 Å². The van der Waals surface area contributed by atoms with Crippen LogP contribution in [-0.2, 0) is 52.8 Å². The molecule has 0 saturated carbocycles. The van der Waals surface area contributed by atoms with Gasteiger partial charge in [-0.1, -0.05) is 35.3 Å². The average Bonchev–Trinajstić information content (AvgIpc) is 2.95. The Hall–Kier alpha value is -2.81. The van der Waals surface area contributed by atoms with Gasteiger partial charge in [0.15, 0.2) is 0 Å². The molecule has 0 saturated heterocycles. The summed E-state index contributed by atoms with van der Waals surface area (Å²) in [7, 11) is 0. The molecular weight excluding hydrogens is 706 g/mol. The van der Waals surface area contributed by atoms with Gasteiger partial charge in [0, 0.05) is 79.8 Å². The molecule has 6 rings (SSSR count). The van der Waals surface area contributed by atoms with E-state index in [0.29, 0.717) is 0 Å². The molecule has 6 heteroatoms. The van der Waals surface area contributed by atoms with Gasteiger partial charge in [-0.3, -0.25) is 33.2 Å². The summed E-state index contributed by atoms with van der Waals surface area (Å²) >= 11 is 0. The zero-order valence-corrected chi connectivity index (χ0v) is 25.0. The molecule has 37 heavy (non-hydrogen) atoms. The van der Waals surface area contributed by atoms with Crippen LogP contribution in [0.2, 0.25) is 0 Å². The Morgan fingerprint density at radius 2 is 1.27 bits per heavy atom. The third kappa shape index (κ3) is 8.09. The largest absolute Gasteiger partial charge is 0.352 e. The number of hydrogen-bond acceptors (Lipinski definition) is 3. The Bertz CT molecular complexity index is 1460. The second-order valence-corrected chi connectivity index (χ2v) is 7.41. The molecule has 0 N–H and O–H groups in total. The monoisotopic (exact) mass is 726 g/mol. The van der Waals surface area contributed by atoms with Gasteiger partial charge in [-0.15, -0.1) is 71.6 Å². The van der Waals surface area contributed by atoms with Crippen LogP contribution in [0.1, 0.15) is 0 Å². The van der Waals surface area contributed by atoms with Gasteiger partial charge in [0.2, 0.25) is 0 Å². The number of benzene rings is 4. The zero-order valence-electron chi connectivity index (χ0n) is 19.8. The first-order valence-corrected chi connectivity index (χ1v) is 10.9. The minimum Gasteiger partial charge on any atom is -0.352 e. The summed E-state index contributed by atoms with van der Waals surface area (Å²) in [6, 6.07) is 44.8. The summed E-state index contributed by atoms with van der Waals surface area (Å²) < 4.78 is 0. The Kier molecular flexibility index (Phi) is 12.7. The average molecular weight is 725 g/mol. The van der Waals surface area contributed by atoms with Gasteiger partial charge in [0.1, 0.15) is 0 Å². The standard InChI is InChI=1S/C21H12N.C10H7N2.B.Ir.Y/c1-2-7-17-14-19(12-11-16(17)6-1)18-8-5-9-20(15-18)21-10-3-4-13-22-21;1-2-5-9(6-3-1)10-11-7-4-8-12-10;;;/h1-8,10-13H;1-5,7-8H;;;/q-3;-1;;;. The first-order chi connectivity index (χ1) is 16.9. The van der Waals surface area contributed by atoms with Crippen molar-refractivity contribution >= 4 is 19.2 Å². The van der Waals surface area contributed by atoms with E-state index in [1.54, 1.807) is 24.7 Å². The Morgan fingerprint density at radius 3 is 2.03 bits per heavy atom. The van der Waals surface area contributed by atoms with Gasteiger partial charge in [-0.2, -0.15) is 5.56 Å². The van der Waals surface area contributed by atoms with Crippen molar-refractivity contribution < 1.29 is 52.8 Å². The SMILES string of the molecule is [B].[Ir].[Y].[c-]1ccc(-c2[c-]c3ccccc3cc2)[c-]c1-c1ccccn1.[c-]1ccccc1-c1ncccn1. The van der Waals surface area contributed by atoms with Gasteiger partial charge < -0.3 is 11.1 Å². The quantitative estimate of drug-likeness (QED) is 0.154. The number of aromatic nitrogens is 3. The molecule has 0 fully saturated rings. The van der Waals surface area contributed by atoms with E-state index in [2.05, 4.69) is 63.5 Å². The number of fused-ring (bicyclic) bond motifs is 1. The van der Waals surface area contributed by atoms with Crippen molar-refractivity contribution in [1.82, 2.24) is 15.0 Å². The normalized spacial score (nSPS) is 9.51. The Labute approximate surface area is 258 Å². The predicted molar refractivity (Wildman–Crippen MR) is 141 cm³/mol. The first kappa shape index (κ1) is 30.4. The van der Waals surface area contributed by atoms with E-state index >= 15 is 0 Å². The van der Waals surface area contributed by atoms with Crippen molar-refractivity contribution in [1.29, 1.82) is 0 Å². The fourth-order valence-electron chi connectivity index (χ4n) is 3.47. The fourth-order valence-corrected chi connectivity index (χ4v) is 3.47. The predicted octanol–water partition coefficient (Wildman–Crippen LogP) is 6.53. The van der Waals surface area contributed by atoms with E-state index in [-0.39, 0.29) is 61.2 Å². The van der Waals surface area contributed by atoms with E-state index in [1.165, 1.54) is 5.39 Å². The van der Waals surface area contributed by atoms with Crippen LogP contribution in [0.15, 0.2) is 116 Å². The molecule has 0 aliphatic heterocycles. The summed E-state index contributed by atoms with van der Waals surface area (Å²) in [5.41, 5.74) is 4.72. The molecule has 5 radical (unpaired) electrons. The molecule has 0 unspecified atom stereocenters. The minimum absolute atomic E-state index is 0. The van der Waals surface area contributed by atoms with Crippen LogP contribution in [0.25, 0.3) is 44.5 Å². The van der Waals surface area contributed by atoms with E-state index in [4.69, 9.17) is 0 Å². The maximum absolute atomic E-state index is 4.36. The van der Waals surface area contributed by atoms with E-state index in [9.17, 15) is 0 Å². The first-order valence-electron chi connectivity index (χ1n) is 10.9. The third-order valence-corrected chi connectivity index (χ3v) is 5.12. The second-order valence-electron chi connectivity index (χ2n) is 7.41. The smallest absolute Gasteiger partial charge is 0.0748 e. The zero-order chi connectivity index (χ0) is 23.0. The molecule has 177 valence electrons. The number of nitrogens with zero attached hydrogens (tertiary/aromatic N) is 3. The van der Waals surface area contributed by atoms with Gasteiger partial charge in [-0.05, 0) is 12.1 Å². The molecule has 2 aromatic heterocycles. The molecule has 0 atom stereocenters. The molecule has 0 aliphatic carbocycles. The van der Waals surface area contributed by atoms with Crippen molar-refractivity contribution in [2.75, 3.05) is 0 Å². The molecule has 3 nitrogen and oxygen atoms in total. The number of hydrogen-bond donors (Lipinski definition) is 0. The fraction of sp³-hybridized carbons (Fsp3) is 0. The van der Waals surface area contributed by atoms with Crippen molar-refractivity contribution in [3.8, 4) is 33.8 Å². The molecule has 0 aliphatic rings. The molecule has 4 aromatic carbocycles. The number of pyridine rings is 1.